The highest BCUT2D eigenvalue weighted by Crippen LogP contribution is 2.09. The Hall–Kier alpha value is -1.24. The van der Waals surface area contributed by atoms with Crippen molar-refractivity contribution in [2.75, 3.05) is 0 Å². The molecule has 12 heavy (non-hydrogen) atoms. The maximum Gasteiger partial charge on any atom is 0.156 e. The molecule has 0 saturated heterocycles. The third kappa shape index (κ3) is 2.42. The predicted molar refractivity (Wildman–Crippen MR) is 49.8 cm³/mol. The maximum absolute atomic E-state index is 8.70. The van der Waals surface area contributed by atoms with Gasteiger partial charge in [-0.15, -0.1) is 0 Å². The van der Waals surface area contributed by atoms with E-state index in [0.717, 1.165) is 18.4 Å². The fourth-order valence-corrected chi connectivity index (χ4v) is 1.09. The lowest BCUT2D eigenvalue weighted by Gasteiger charge is -2.01. The normalized spacial score (nSPS) is 11.6. The molecular weight excluding hydrogens is 148 g/mol. The highest BCUT2D eigenvalue weighted by atomic mass is 16.2. The quantitative estimate of drug-likeness (QED) is 0.676. The van der Waals surface area contributed by atoms with Crippen molar-refractivity contribution >= 4 is 0 Å². The molecule has 1 N–H and O–H groups in total. The van der Waals surface area contributed by atoms with E-state index in [1.165, 1.54) is 5.56 Å². The molecule has 0 aliphatic carbocycles. The van der Waals surface area contributed by atoms with Crippen LogP contribution in [0.3, 0.4) is 0 Å². The minimum Gasteiger partial charge on any atom is -0.504 e. The summed E-state index contributed by atoms with van der Waals surface area (Å²) < 4.78 is 0. The summed E-state index contributed by atoms with van der Waals surface area (Å²) in [4.78, 5) is 0. The summed E-state index contributed by atoms with van der Waals surface area (Å²) >= 11 is 0. The van der Waals surface area contributed by atoms with Crippen molar-refractivity contribution in [3.05, 3.63) is 47.7 Å². The predicted octanol–water partition coefficient (Wildman–Crippen LogP) is 2.88. The first kappa shape index (κ1) is 8.85. The summed E-state index contributed by atoms with van der Waals surface area (Å²) in [7, 11) is 0. The molecule has 0 aliphatic rings. The molecule has 0 saturated carbocycles. The van der Waals surface area contributed by atoms with E-state index in [0.29, 0.717) is 0 Å². The summed E-state index contributed by atoms with van der Waals surface area (Å²) in [6.07, 6.45) is 3.87. The summed E-state index contributed by atoms with van der Waals surface area (Å²) in [5.74, 6) is 0. The summed E-state index contributed by atoms with van der Waals surface area (Å²) in [5.41, 5.74) is 2.16. The summed E-state index contributed by atoms with van der Waals surface area (Å²) in [6, 6.07) is 10.1. The zero-order valence-electron chi connectivity index (χ0n) is 7.25. The Bertz CT molecular complexity index is 249. The van der Waals surface area contributed by atoms with Gasteiger partial charge in [-0.05, 0) is 24.0 Å². The van der Waals surface area contributed by atoms with E-state index in [-0.39, 0.29) is 0 Å². The Morgan fingerprint density at radius 3 is 2.50 bits per heavy atom. The molecule has 1 radical (unpaired) electrons. The van der Waals surface area contributed by atoms with Crippen molar-refractivity contribution in [2.45, 2.75) is 19.8 Å². The second kappa shape index (κ2) is 4.60. The number of allylic oxidation sites excluding steroid dienone is 1. The van der Waals surface area contributed by atoms with Gasteiger partial charge in [-0.3, -0.25) is 0 Å². The fraction of sp³-hybridized carbons (Fsp3) is 0.273. The van der Waals surface area contributed by atoms with Crippen molar-refractivity contribution in [3.8, 4) is 0 Å². The van der Waals surface area contributed by atoms with Crippen LogP contribution in [0.5, 0.6) is 0 Å². The van der Waals surface area contributed by atoms with Gasteiger partial charge in [-0.25, -0.2) is 0 Å². The van der Waals surface area contributed by atoms with Crippen LogP contribution in [-0.4, -0.2) is 5.11 Å². The Morgan fingerprint density at radius 1 is 1.33 bits per heavy atom. The summed E-state index contributed by atoms with van der Waals surface area (Å²) in [5, 5.41) is 8.70. The van der Waals surface area contributed by atoms with E-state index in [9.17, 15) is 0 Å². The Kier molecular flexibility index (Phi) is 3.39. The van der Waals surface area contributed by atoms with Crippen LogP contribution >= 0.6 is 0 Å². The van der Waals surface area contributed by atoms with Crippen LogP contribution in [0.15, 0.2) is 35.9 Å². The molecule has 1 aromatic rings. The molecule has 0 heterocycles. The van der Waals surface area contributed by atoms with Gasteiger partial charge < -0.3 is 5.11 Å². The summed E-state index contributed by atoms with van der Waals surface area (Å²) in [6.45, 7) is 2.02. The van der Waals surface area contributed by atoms with E-state index in [1.54, 1.807) is 0 Å². The van der Waals surface area contributed by atoms with Gasteiger partial charge in [0.25, 0.3) is 0 Å². The minimum absolute atomic E-state index is 0.799. The second-order valence-corrected chi connectivity index (χ2v) is 2.73. The van der Waals surface area contributed by atoms with Crippen molar-refractivity contribution in [3.63, 3.8) is 0 Å². The monoisotopic (exact) mass is 161 g/mol. The number of benzene rings is 1. The van der Waals surface area contributed by atoms with Gasteiger partial charge in [-0.2, -0.15) is 0 Å². The molecule has 1 heteroatoms. The van der Waals surface area contributed by atoms with E-state index in [2.05, 4.69) is 6.26 Å². The zero-order chi connectivity index (χ0) is 8.81. The molecule has 0 aromatic heterocycles. The van der Waals surface area contributed by atoms with Crippen molar-refractivity contribution in [1.29, 1.82) is 0 Å². The van der Waals surface area contributed by atoms with Gasteiger partial charge in [0.1, 0.15) is 0 Å². The third-order valence-electron chi connectivity index (χ3n) is 1.85. The highest BCUT2D eigenvalue weighted by Gasteiger charge is 1.96. The van der Waals surface area contributed by atoms with Crippen molar-refractivity contribution in [1.82, 2.24) is 0 Å². The van der Waals surface area contributed by atoms with Gasteiger partial charge in [0.2, 0.25) is 0 Å². The van der Waals surface area contributed by atoms with Crippen LogP contribution < -0.4 is 0 Å². The van der Waals surface area contributed by atoms with E-state index in [4.69, 9.17) is 5.11 Å². The SMILES string of the molecule is CCC(=[C]O)Cc1ccccc1. The number of hydrogen-bond acceptors (Lipinski definition) is 1. The third-order valence-corrected chi connectivity index (χ3v) is 1.85. The topological polar surface area (TPSA) is 20.2 Å². The minimum atomic E-state index is 0.799. The molecule has 0 spiro atoms. The molecule has 0 unspecified atom stereocenters. The largest absolute Gasteiger partial charge is 0.504 e. The first-order valence-corrected chi connectivity index (χ1v) is 4.15. The molecular formula is C11H13O. The lowest BCUT2D eigenvalue weighted by Crippen LogP contribution is -1.89. The first-order chi connectivity index (χ1) is 5.86. The average Bonchev–Trinajstić information content (AvgIpc) is 2.16. The number of rotatable bonds is 3. The molecule has 1 aromatic carbocycles. The van der Waals surface area contributed by atoms with Crippen molar-refractivity contribution < 1.29 is 5.11 Å². The fourth-order valence-electron chi connectivity index (χ4n) is 1.09. The standard InChI is InChI=1S/C11H13O/c1-2-10(9-12)8-11-6-4-3-5-7-11/h3-7,12H,2,8H2,1H3. The van der Waals surface area contributed by atoms with Gasteiger partial charge in [0.15, 0.2) is 6.26 Å². The number of aliphatic hydroxyl groups is 1. The van der Waals surface area contributed by atoms with Gasteiger partial charge in [-0.1, -0.05) is 37.3 Å². The molecule has 1 nitrogen and oxygen atoms in total. The van der Waals surface area contributed by atoms with Crippen LogP contribution in [0.4, 0.5) is 0 Å². The van der Waals surface area contributed by atoms with Crippen LogP contribution in [-0.2, 0) is 6.42 Å². The van der Waals surface area contributed by atoms with E-state index < -0.39 is 0 Å². The lowest BCUT2D eigenvalue weighted by atomic mass is 10.0. The van der Waals surface area contributed by atoms with E-state index >= 15 is 0 Å². The Labute approximate surface area is 73.4 Å². The van der Waals surface area contributed by atoms with Gasteiger partial charge in [0.05, 0.1) is 0 Å². The average molecular weight is 161 g/mol. The molecule has 0 amide bonds. The highest BCUT2D eigenvalue weighted by molar-refractivity contribution is 5.20. The first-order valence-electron chi connectivity index (χ1n) is 4.15. The van der Waals surface area contributed by atoms with Crippen molar-refractivity contribution in [2.24, 2.45) is 0 Å². The Morgan fingerprint density at radius 2 is 2.00 bits per heavy atom. The van der Waals surface area contributed by atoms with Crippen LogP contribution in [0.25, 0.3) is 0 Å². The zero-order valence-corrected chi connectivity index (χ0v) is 7.25. The molecule has 63 valence electrons. The van der Waals surface area contributed by atoms with Crippen LogP contribution in [0, 0.1) is 6.26 Å². The lowest BCUT2D eigenvalue weighted by molar-refractivity contribution is 0.431. The van der Waals surface area contributed by atoms with Crippen LogP contribution in [0.1, 0.15) is 18.9 Å². The molecule has 0 aliphatic heterocycles. The molecule has 0 fully saturated rings. The second-order valence-electron chi connectivity index (χ2n) is 2.73. The smallest absolute Gasteiger partial charge is 0.156 e. The van der Waals surface area contributed by atoms with Gasteiger partial charge in [0, 0.05) is 0 Å². The maximum atomic E-state index is 8.70. The van der Waals surface area contributed by atoms with Crippen LogP contribution in [0.2, 0.25) is 0 Å². The van der Waals surface area contributed by atoms with E-state index in [1.807, 2.05) is 37.3 Å². The Balaban J connectivity index is 2.64. The number of aliphatic hydroxyl groups excluding tert-OH is 1. The molecule has 1 rings (SSSR count). The molecule has 0 bridgehead atoms. The molecule has 0 atom stereocenters. The number of hydrogen-bond donors (Lipinski definition) is 1. The van der Waals surface area contributed by atoms with Gasteiger partial charge >= 0.3 is 0 Å².